The SMILES string of the molecule is CCC(=O)C(CC(=O)O)NC(=O)[C@@H](OC(=O)N1Cc2ccccc2-c2ccccc21)C(C)C. The summed E-state index contributed by atoms with van der Waals surface area (Å²) in [5.74, 6) is -2.70. The Hall–Kier alpha value is -3.68. The summed E-state index contributed by atoms with van der Waals surface area (Å²) in [6, 6.07) is 14.0. The van der Waals surface area contributed by atoms with Crippen LogP contribution < -0.4 is 10.2 Å². The van der Waals surface area contributed by atoms with Crippen LogP contribution in [0.15, 0.2) is 48.5 Å². The Bertz CT molecular complexity index is 1060. The zero-order valence-corrected chi connectivity index (χ0v) is 18.9. The van der Waals surface area contributed by atoms with Crippen molar-refractivity contribution in [3.05, 3.63) is 54.1 Å². The van der Waals surface area contributed by atoms with Crippen LogP contribution in [0, 0.1) is 5.92 Å². The van der Waals surface area contributed by atoms with Crippen LogP contribution in [0.3, 0.4) is 0 Å². The van der Waals surface area contributed by atoms with Gasteiger partial charge in [-0.25, -0.2) is 4.79 Å². The van der Waals surface area contributed by atoms with Crippen molar-refractivity contribution < 1.29 is 29.0 Å². The van der Waals surface area contributed by atoms with E-state index in [-0.39, 0.29) is 13.0 Å². The molecule has 8 nitrogen and oxygen atoms in total. The molecule has 2 aromatic carbocycles. The van der Waals surface area contributed by atoms with Crippen molar-refractivity contribution >= 4 is 29.4 Å². The number of Topliss-reactive ketones (excluding diaryl/α,β-unsaturated/α-hetero) is 1. The minimum atomic E-state index is -1.20. The first-order valence-corrected chi connectivity index (χ1v) is 10.9. The Morgan fingerprint density at radius 2 is 1.67 bits per heavy atom. The van der Waals surface area contributed by atoms with Crippen molar-refractivity contribution in [2.75, 3.05) is 4.90 Å². The first kappa shape index (κ1) is 24.0. The summed E-state index contributed by atoms with van der Waals surface area (Å²) in [4.78, 5) is 50.8. The second-order valence-corrected chi connectivity index (χ2v) is 8.29. The molecule has 2 aromatic rings. The number of carbonyl (C=O) groups is 4. The summed E-state index contributed by atoms with van der Waals surface area (Å²) >= 11 is 0. The van der Waals surface area contributed by atoms with Gasteiger partial charge in [0.05, 0.1) is 24.7 Å². The Balaban J connectivity index is 1.81. The molecule has 2 atom stereocenters. The van der Waals surface area contributed by atoms with Gasteiger partial charge in [-0.1, -0.05) is 63.2 Å². The lowest BCUT2D eigenvalue weighted by Gasteiger charge is -2.32. The molecule has 2 amide bonds. The largest absolute Gasteiger partial charge is 0.481 e. The molecule has 1 aliphatic rings. The third-order valence-corrected chi connectivity index (χ3v) is 5.58. The van der Waals surface area contributed by atoms with E-state index in [9.17, 15) is 19.2 Å². The molecule has 0 saturated carbocycles. The van der Waals surface area contributed by atoms with Crippen molar-refractivity contribution in [2.45, 2.75) is 52.3 Å². The van der Waals surface area contributed by atoms with Gasteiger partial charge in [0.25, 0.3) is 5.91 Å². The van der Waals surface area contributed by atoms with Gasteiger partial charge in [0.15, 0.2) is 11.9 Å². The number of hydrogen-bond donors (Lipinski definition) is 2. The van der Waals surface area contributed by atoms with Crippen molar-refractivity contribution in [3.63, 3.8) is 0 Å². The number of fused-ring (bicyclic) bond motifs is 3. The van der Waals surface area contributed by atoms with Crippen LogP contribution in [0.25, 0.3) is 11.1 Å². The normalized spacial score (nSPS) is 14.0. The highest BCUT2D eigenvalue weighted by atomic mass is 16.6. The van der Waals surface area contributed by atoms with E-state index in [0.717, 1.165) is 16.7 Å². The molecule has 0 aromatic heterocycles. The number of para-hydroxylation sites is 1. The number of hydrogen-bond acceptors (Lipinski definition) is 5. The summed E-state index contributed by atoms with van der Waals surface area (Å²) in [7, 11) is 0. The molecule has 1 unspecified atom stereocenters. The summed E-state index contributed by atoms with van der Waals surface area (Å²) < 4.78 is 5.62. The average Bonchev–Trinajstić information content (AvgIpc) is 2.80. The minimum Gasteiger partial charge on any atom is -0.481 e. The Morgan fingerprint density at radius 3 is 2.30 bits per heavy atom. The van der Waals surface area contributed by atoms with Gasteiger partial charge in [-0.15, -0.1) is 0 Å². The van der Waals surface area contributed by atoms with Crippen molar-refractivity contribution in [1.29, 1.82) is 0 Å². The van der Waals surface area contributed by atoms with E-state index in [1.807, 2.05) is 48.5 Å². The van der Waals surface area contributed by atoms with Crippen molar-refractivity contribution in [2.24, 2.45) is 5.92 Å². The van der Waals surface area contributed by atoms with Crippen molar-refractivity contribution in [3.8, 4) is 11.1 Å². The topological polar surface area (TPSA) is 113 Å². The fourth-order valence-electron chi connectivity index (χ4n) is 3.86. The van der Waals surface area contributed by atoms with E-state index in [2.05, 4.69) is 5.32 Å². The van der Waals surface area contributed by atoms with E-state index in [0.29, 0.717) is 5.69 Å². The molecule has 2 N–H and O–H groups in total. The Kier molecular flexibility index (Phi) is 7.48. The van der Waals surface area contributed by atoms with Crippen LogP contribution in [0.4, 0.5) is 10.5 Å². The number of anilines is 1. The zero-order valence-electron chi connectivity index (χ0n) is 18.9. The number of carboxylic acids is 1. The van der Waals surface area contributed by atoms with Gasteiger partial charge in [-0.2, -0.15) is 0 Å². The lowest BCUT2D eigenvalue weighted by atomic mass is 9.94. The molecule has 0 radical (unpaired) electrons. The monoisotopic (exact) mass is 452 g/mol. The maximum Gasteiger partial charge on any atom is 0.415 e. The second-order valence-electron chi connectivity index (χ2n) is 8.29. The third kappa shape index (κ3) is 5.39. The maximum atomic E-state index is 13.2. The van der Waals surface area contributed by atoms with Crippen LogP contribution in [0.1, 0.15) is 39.2 Å². The molecular formula is C25H28N2O6. The number of nitrogens with one attached hydrogen (secondary N) is 1. The molecule has 0 saturated heterocycles. The summed E-state index contributed by atoms with van der Waals surface area (Å²) in [6.45, 7) is 5.30. The van der Waals surface area contributed by atoms with E-state index in [1.165, 1.54) is 4.90 Å². The number of carbonyl (C=O) groups excluding carboxylic acids is 3. The molecule has 33 heavy (non-hydrogen) atoms. The van der Waals surface area contributed by atoms with Gasteiger partial charge in [-0.3, -0.25) is 19.3 Å². The van der Waals surface area contributed by atoms with Crippen molar-refractivity contribution in [1.82, 2.24) is 5.32 Å². The molecule has 3 rings (SSSR count). The maximum absolute atomic E-state index is 13.2. The molecule has 8 heteroatoms. The number of ether oxygens (including phenoxy) is 1. The molecule has 0 bridgehead atoms. The smallest absolute Gasteiger partial charge is 0.415 e. The number of aliphatic carboxylic acids is 1. The molecule has 1 heterocycles. The number of nitrogens with zero attached hydrogens (tertiary/aromatic N) is 1. The number of ketones is 1. The molecule has 0 spiro atoms. The highest BCUT2D eigenvalue weighted by Gasteiger charge is 2.34. The summed E-state index contributed by atoms with van der Waals surface area (Å²) in [5, 5.41) is 11.5. The average molecular weight is 453 g/mol. The predicted molar refractivity (Wildman–Crippen MR) is 123 cm³/mol. The van der Waals surface area contributed by atoms with E-state index >= 15 is 0 Å². The zero-order chi connectivity index (χ0) is 24.1. The lowest BCUT2D eigenvalue weighted by molar-refractivity contribution is -0.141. The van der Waals surface area contributed by atoms with Gasteiger partial charge in [0, 0.05) is 12.0 Å². The lowest BCUT2D eigenvalue weighted by Crippen LogP contribution is -2.50. The number of amides is 2. The predicted octanol–water partition coefficient (Wildman–Crippen LogP) is 3.77. The molecule has 0 fully saturated rings. The van der Waals surface area contributed by atoms with Crippen LogP contribution in [-0.4, -0.2) is 41.0 Å². The fourth-order valence-corrected chi connectivity index (χ4v) is 3.86. The Morgan fingerprint density at radius 1 is 1.03 bits per heavy atom. The van der Waals surface area contributed by atoms with Gasteiger partial charge < -0.3 is 15.2 Å². The molecule has 174 valence electrons. The summed E-state index contributed by atoms with van der Waals surface area (Å²) in [6.07, 6.45) is -2.34. The quantitative estimate of drug-likeness (QED) is 0.630. The van der Waals surface area contributed by atoms with Crippen LogP contribution in [0.2, 0.25) is 0 Å². The van der Waals surface area contributed by atoms with Gasteiger partial charge in [-0.05, 0) is 23.1 Å². The third-order valence-electron chi connectivity index (χ3n) is 5.58. The highest BCUT2D eigenvalue weighted by molar-refractivity contribution is 5.98. The van der Waals surface area contributed by atoms with Crippen LogP contribution in [-0.2, 0) is 25.7 Å². The summed E-state index contributed by atoms with van der Waals surface area (Å²) in [5.41, 5.74) is 3.55. The first-order chi connectivity index (χ1) is 15.7. The van der Waals surface area contributed by atoms with E-state index in [1.54, 1.807) is 20.8 Å². The fraction of sp³-hybridized carbons (Fsp3) is 0.360. The first-order valence-electron chi connectivity index (χ1n) is 10.9. The second kappa shape index (κ2) is 10.3. The highest BCUT2D eigenvalue weighted by Crippen LogP contribution is 2.39. The Labute approximate surface area is 192 Å². The van der Waals surface area contributed by atoms with Gasteiger partial charge in [0.2, 0.25) is 0 Å². The molecule has 1 aliphatic heterocycles. The van der Waals surface area contributed by atoms with Crippen LogP contribution >= 0.6 is 0 Å². The van der Waals surface area contributed by atoms with Gasteiger partial charge in [0.1, 0.15) is 0 Å². The van der Waals surface area contributed by atoms with E-state index in [4.69, 9.17) is 9.84 Å². The molecule has 0 aliphatic carbocycles. The van der Waals surface area contributed by atoms with Gasteiger partial charge >= 0.3 is 12.1 Å². The number of benzene rings is 2. The molecular weight excluding hydrogens is 424 g/mol. The van der Waals surface area contributed by atoms with Crippen LogP contribution in [0.5, 0.6) is 0 Å². The minimum absolute atomic E-state index is 0.0777. The number of rotatable bonds is 8. The number of carboxylic acid groups (broad SMARTS) is 1. The van der Waals surface area contributed by atoms with E-state index < -0.39 is 48.2 Å². The standard InChI is InChI=1S/C25H28N2O6/c1-4-21(28)19(13-22(29)30)26-24(31)23(15(2)3)33-25(32)27-14-16-9-5-6-10-17(16)18-11-7-8-12-20(18)27/h5-12,15,19,23H,4,13-14H2,1-3H3,(H,26,31)(H,29,30)/t19?,23-/m0/s1.